The number of carbonyl (C=O) groups excluding carboxylic acids is 1. The molecule has 2 rings (SSSR count). The fraction of sp³-hybridized carbons (Fsp3) is 0.0833. The minimum absolute atomic E-state index is 0.0953. The molecule has 9 nitrogen and oxygen atoms in total. The predicted octanol–water partition coefficient (Wildman–Crippen LogP) is 0.824. The summed E-state index contributed by atoms with van der Waals surface area (Å²) in [7, 11) is -9.72. The van der Waals surface area contributed by atoms with Crippen molar-refractivity contribution in [2.75, 3.05) is 5.73 Å². The van der Waals surface area contributed by atoms with E-state index in [0.29, 0.717) is 6.07 Å². The van der Waals surface area contributed by atoms with Crippen molar-refractivity contribution in [1.82, 2.24) is 0 Å². The molecule has 124 valence electrons. The summed E-state index contributed by atoms with van der Waals surface area (Å²) in [5.74, 6) is -1.57. The maximum atomic E-state index is 11.6. The lowest BCUT2D eigenvalue weighted by atomic mass is 10.00. The predicted molar refractivity (Wildman–Crippen MR) is 79.7 cm³/mol. The number of Topliss-reactive ketones (excluding diaryl/α,β-unsaturated/α-hetero) is 1. The van der Waals surface area contributed by atoms with Gasteiger partial charge in [-0.2, -0.15) is 16.8 Å². The molecule has 0 aromatic heterocycles. The third-order valence-electron chi connectivity index (χ3n) is 3.17. The highest BCUT2D eigenvalue weighted by molar-refractivity contribution is 7.86. The van der Waals surface area contributed by atoms with Gasteiger partial charge in [-0.05, 0) is 25.1 Å². The van der Waals surface area contributed by atoms with Gasteiger partial charge in [-0.3, -0.25) is 13.9 Å². The zero-order valence-electron chi connectivity index (χ0n) is 11.5. The Bertz CT molecular complexity index is 1050. The molecule has 0 fully saturated rings. The van der Waals surface area contributed by atoms with Crippen LogP contribution < -0.4 is 5.73 Å². The zero-order valence-corrected chi connectivity index (χ0v) is 13.1. The van der Waals surface area contributed by atoms with E-state index in [1.807, 2.05) is 0 Å². The number of phenols is 1. The van der Waals surface area contributed by atoms with Crippen molar-refractivity contribution in [3.8, 4) is 5.75 Å². The van der Waals surface area contributed by atoms with E-state index >= 15 is 0 Å². The molecule has 0 bridgehead atoms. The van der Waals surface area contributed by atoms with Crippen LogP contribution in [0.1, 0.15) is 17.3 Å². The van der Waals surface area contributed by atoms with Crippen molar-refractivity contribution in [1.29, 1.82) is 0 Å². The molecule has 2 aromatic rings. The quantitative estimate of drug-likeness (QED) is 0.267. The van der Waals surface area contributed by atoms with Crippen LogP contribution in [0.2, 0.25) is 0 Å². The lowest BCUT2D eigenvalue weighted by Gasteiger charge is -2.13. The molecule has 0 spiro atoms. The van der Waals surface area contributed by atoms with Gasteiger partial charge in [0.2, 0.25) is 0 Å². The highest BCUT2D eigenvalue weighted by atomic mass is 32.2. The van der Waals surface area contributed by atoms with Gasteiger partial charge in [-0.15, -0.1) is 0 Å². The van der Waals surface area contributed by atoms with Crippen LogP contribution in [0, 0.1) is 0 Å². The van der Waals surface area contributed by atoms with Crippen LogP contribution in [0.5, 0.6) is 5.75 Å². The summed E-state index contributed by atoms with van der Waals surface area (Å²) in [6.07, 6.45) is 0. The number of nitrogens with two attached hydrogens (primary N) is 1. The Morgan fingerprint density at radius 2 is 1.57 bits per heavy atom. The number of nitrogen functional groups attached to an aromatic ring is 1. The molecule has 23 heavy (non-hydrogen) atoms. The second-order valence-electron chi connectivity index (χ2n) is 4.68. The van der Waals surface area contributed by atoms with Gasteiger partial charge in [0.15, 0.2) is 11.5 Å². The first-order chi connectivity index (χ1) is 10.4. The Hall–Kier alpha value is -2.21. The summed E-state index contributed by atoms with van der Waals surface area (Å²) in [5, 5.41) is 9.16. The van der Waals surface area contributed by atoms with Crippen LogP contribution in [-0.2, 0) is 20.2 Å². The number of hydrogen-bond acceptors (Lipinski definition) is 7. The average molecular weight is 361 g/mol. The minimum atomic E-state index is -4.93. The Balaban J connectivity index is 3.21. The van der Waals surface area contributed by atoms with Crippen LogP contribution in [0.3, 0.4) is 0 Å². The van der Waals surface area contributed by atoms with Crippen molar-refractivity contribution >= 4 is 42.5 Å². The number of ketones is 1. The Labute approximate surface area is 130 Å². The van der Waals surface area contributed by atoms with Crippen LogP contribution in [0.4, 0.5) is 5.69 Å². The maximum Gasteiger partial charge on any atom is 0.298 e. The Morgan fingerprint density at radius 3 is 2.00 bits per heavy atom. The number of aromatic hydroxyl groups is 1. The standard InChI is InChI=1S/C12H11NO8S2/c1-5(14)6-2-3-8(22(16,17)18)7-4-9(23(19,20)21)12(15)11(13)10(6)7/h2-4,15H,13H2,1H3,(H,16,17,18)(H,19,20,21). The highest BCUT2D eigenvalue weighted by Crippen LogP contribution is 2.40. The van der Waals surface area contributed by atoms with Gasteiger partial charge in [0.25, 0.3) is 20.2 Å². The van der Waals surface area contributed by atoms with Crippen molar-refractivity contribution < 1.29 is 35.8 Å². The molecular formula is C12H11NO8S2. The van der Waals surface area contributed by atoms with Gasteiger partial charge in [0.05, 0.1) is 5.69 Å². The molecule has 0 aliphatic heterocycles. The van der Waals surface area contributed by atoms with E-state index in [-0.39, 0.29) is 10.9 Å². The van der Waals surface area contributed by atoms with Crippen LogP contribution in [-0.4, -0.2) is 36.8 Å². The van der Waals surface area contributed by atoms with Gasteiger partial charge in [0, 0.05) is 16.3 Å². The first-order valence-corrected chi connectivity index (χ1v) is 8.77. The van der Waals surface area contributed by atoms with E-state index in [4.69, 9.17) is 10.3 Å². The fourth-order valence-electron chi connectivity index (χ4n) is 2.20. The van der Waals surface area contributed by atoms with E-state index in [0.717, 1.165) is 19.1 Å². The molecule has 0 aliphatic rings. The SMILES string of the molecule is CC(=O)c1ccc(S(=O)(=O)O)c2cc(S(=O)(=O)O)c(O)c(N)c12. The molecule has 0 saturated carbocycles. The van der Waals surface area contributed by atoms with Crippen molar-refractivity contribution in [3.05, 3.63) is 23.8 Å². The smallest absolute Gasteiger partial charge is 0.298 e. The summed E-state index contributed by atoms with van der Waals surface area (Å²) < 4.78 is 63.8. The topological polar surface area (TPSA) is 172 Å². The molecule has 0 amide bonds. The fourth-order valence-corrected chi connectivity index (χ4v) is 3.50. The van der Waals surface area contributed by atoms with Crippen LogP contribution in [0.15, 0.2) is 28.0 Å². The van der Waals surface area contributed by atoms with Gasteiger partial charge >= 0.3 is 0 Å². The van der Waals surface area contributed by atoms with Crippen molar-refractivity contribution in [3.63, 3.8) is 0 Å². The first-order valence-electron chi connectivity index (χ1n) is 5.89. The number of anilines is 1. The second-order valence-corrected chi connectivity index (χ2v) is 7.46. The molecule has 0 aliphatic carbocycles. The summed E-state index contributed by atoms with van der Waals surface area (Å²) in [6, 6.07) is 2.57. The van der Waals surface area contributed by atoms with E-state index in [2.05, 4.69) is 0 Å². The van der Waals surface area contributed by atoms with E-state index in [1.54, 1.807) is 0 Å². The minimum Gasteiger partial charge on any atom is -0.504 e. The monoisotopic (exact) mass is 361 g/mol. The van der Waals surface area contributed by atoms with Gasteiger partial charge in [0.1, 0.15) is 9.79 Å². The summed E-state index contributed by atoms with van der Waals surface area (Å²) >= 11 is 0. The highest BCUT2D eigenvalue weighted by Gasteiger charge is 2.26. The molecular weight excluding hydrogens is 350 g/mol. The molecule has 0 saturated heterocycles. The summed E-state index contributed by atoms with van der Waals surface area (Å²) in [4.78, 5) is 9.87. The number of carbonyl (C=O) groups is 1. The van der Waals surface area contributed by atoms with Gasteiger partial charge in [-0.25, -0.2) is 0 Å². The number of benzene rings is 2. The first kappa shape index (κ1) is 17.1. The molecule has 0 heterocycles. The summed E-state index contributed by atoms with van der Waals surface area (Å²) in [5.41, 5.74) is 4.90. The normalized spacial score (nSPS) is 12.5. The van der Waals surface area contributed by atoms with Gasteiger partial charge in [-0.1, -0.05) is 0 Å². The number of fused-ring (bicyclic) bond motifs is 1. The largest absolute Gasteiger partial charge is 0.504 e. The van der Waals surface area contributed by atoms with E-state index in [1.165, 1.54) is 0 Å². The maximum absolute atomic E-state index is 11.6. The Kier molecular flexibility index (Phi) is 3.85. The van der Waals surface area contributed by atoms with Crippen LogP contribution >= 0.6 is 0 Å². The zero-order chi connectivity index (χ0) is 17.7. The second kappa shape index (κ2) is 5.16. The Morgan fingerprint density at radius 1 is 1.04 bits per heavy atom. The molecule has 0 radical (unpaired) electrons. The molecule has 5 N–H and O–H groups in total. The lowest BCUT2D eigenvalue weighted by Crippen LogP contribution is -2.07. The molecule has 0 atom stereocenters. The van der Waals surface area contributed by atoms with E-state index in [9.17, 15) is 31.3 Å². The molecule has 2 aromatic carbocycles. The average Bonchev–Trinajstić information content (AvgIpc) is 2.38. The van der Waals surface area contributed by atoms with Gasteiger partial charge < -0.3 is 10.8 Å². The van der Waals surface area contributed by atoms with E-state index < -0.39 is 52.6 Å². The number of hydrogen-bond donors (Lipinski definition) is 4. The van der Waals surface area contributed by atoms with Crippen molar-refractivity contribution in [2.45, 2.75) is 16.7 Å². The van der Waals surface area contributed by atoms with Crippen LogP contribution in [0.25, 0.3) is 10.8 Å². The molecule has 0 unspecified atom stereocenters. The number of rotatable bonds is 3. The third-order valence-corrected chi connectivity index (χ3v) is 4.95. The van der Waals surface area contributed by atoms with Crippen molar-refractivity contribution in [2.24, 2.45) is 0 Å². The lowest BCUT2D eigenvalue weighted by molar-refractivity contribution is 0.101. The third kappa shape index (κ3) is 2.86. The summed E-state index contributed by atoms with van der Waals surface area (Å²) in [6.45, 7) is 1.15. The molecule has 11 heteroatoms. The number of phenolic OH excluding ortho intramolecular Hbond substituents is 1.